The molecule has 4 heterocycles. The van der Waals surface area contributed by atoms with Gasteiger partial charge in [-0.1, -0.05) is 32.9 Å². The number of ketones is 1. The molecule has 0 radical (unpaired) electrons. The van der Waals surface area contributed by atoms with Crippen molar-refractivity contribution in [2.45, 2.75) is 102 Å². The van der Waals surface area contributed by atoms with E-state index in [0.29, 0.717) is 46.6 Å². The van der Waals surface area contributed by atoms with Gasteiger partial charge in [0.25, 0.3) is 5.92 Å². The van der Waals surface area contributed by atoms with Crippen LogP contribution in [0, 0.1) is 29.6 Å². The first-order valence-electron chi connectivity index (χ1n) is 20.5. The number of amides is 3. The molecule has 60 heavy (non-hydrogen) atoms. The highest BCUT2D eigenvalue weighted by Gasteiger charge is 2.61. The topological polar surface area (TPSA) is 165 Å². The van der Waals surface area contributed by atoms with Gasteiger partial charge in [0.05, 0.1) is 59.7 Å². The van der Waals surface area contributed by atoms with Gasteiger partial charge in [-0.3, -0.25) is 28.9 Å². The van der Waals surface area contributed by atoms with Crippen molar-refractivity contribution in [2.24, 2.45) is 22.7 Å². The highest BCUT2D eigenvalue weighted by Crippen LogP contribution is 2.57. The van der Waals surface area contributed by atoms with Gasteiger partial charge < -0.3 is 19.3 Å². The van der Waals surface area contributed by atoms with Crippen LogP contribution in [0.4, 0.5) is 8.78 Å². The second kappa shape index (κ2) is 16.1. The number of ether oxygens (including phenoxy) is 2. The summed E-state index contributed by atoms with van der Waals surface area (Å²) in [7, 11) is -2.35. The van der Waals surface area contributed by atoms with Crippen molar-refractivity contribution in [3.05, 3.63) is 60.8 Å². The number of sulfonamides is 1. The quantitative estimate of drug-likeness (QED) is 0.189. The van der Waals surface area contributed by atoms with Crippen LogP contribution in [0.3, 0.4) is 0 Å². The molecular weight excluding hydrogens is 797 g/mol. The third-order valence-electron chi connectivity index (χ3n) is 12.5. The molecule has 0 bridgehead atoms. The molecule has 3 amide bonds. The second-order valence-corrected chi connectivity index (χ2v) is 19.9. The summed E-state index contributed by atoms with van der Waals surface area (Å²) in [6.07, 6.45) is 2.63. The Morgan fingerprint density at radius 1 is 1.10 bits per heavy atom. The van der Waals surface area contributed by atoms with Crippen molar-refractivity contribution in [3.63, 3.8) is 0 Å². The second-order valence-electron chi connectivity index (χ2n) is 17.9. The number of fused-ring (bicyclic) bond motifs is 1. The first kappa shape index (κ1) is 43.1. The summed E-state index contributed by atoms with van der Waals surface area (Å²) >= 11 is 0. The third-order valence-corrected chi connectivity index (χ3v) is 14.4. The molecule has 0 spiro atoms. The Balaban J connectivity index is 1.23. The number of pyridine rings is 2. The fourth-order valence-electron chi connectivity index (χ4n) is 8.71. The van der Waals surface area contributed by atoms with Crippen LogP contribution in [0.2, 0.25) is 0 Å². The van der Waals surface area contributed by atoms with E-state index in [0.717, 1.165) is 10.5 Å². The van der Waals surface area contributed by atoms with Gasteiger partial charge in [0, 0.05) is 55.4 Å². The summed E-state index contributed by atoms with van der Waals surface area (Å²) in [5.41, 5.74) is 0.241. The number of aromatic nitrogens is 2. The van der Waals surface area contributed by atoms with Gasteiger partial charge in [-0.15, -0.1) is 6.58 Å². The molecular formula is C44H53F2N5O8S. The number of allylic oxidation sites excluding steroid dienone is 1. The molecule has 7 rings (SSSR count). The maximum Gasteiger partial charge on any atom is 0.265 e. The van der Waals surface area contributed by atoms with Gasteiger partial charge >= 0.3 is 0 Å². The van der Waals surface area contributed by atoms with E-state index >= 15 is 0 Å². The SMILES string of the molecule is C=C[C@@H]1C[C@]1(CC(=O)[C@@H]1C[C@@H](Oc2cc(-c3ccccn3)nc3c(C)c(OC)ccc23)CN1C(=O)[C@@H](CC(=O)N1CCCC(F)(F)C1)C(C)(C)C)C(=O)NS(=O)(=O)C1CC1. The first-order valence-corrected chi connectivity index (χ1v) is 22.1. The van der Waals surface area contributed by atoms with Gasteiger partial charge in [0.2, 0.25) is 27.7 Å². The van der Waals surface area contributed by atoms with Crippen molar-refractivity contribution in [1.82, 2.24) is 24.5 Å². The van der Waals surface area contributed by atoms with E-state index in [4.69, 9.17) is 14.5 Å². The Labute approximate surface area is 349 Å². The van der Waals surface area contributed by atoms with Gasteiger partial charge in [0.1, 0.15) is 17.6 Å². The Morgan fingerprint density at radius 3 is 2.47 bits per heavy atom. The molecule has 16 heteroatoms. The number of aryl methyl sites for hydroxylation is 1. The normalized spacial score (nSPS) is 24.4. The summed E-state index contributed by atoms with van der Waals surface area (Å²) in [6, 6.07) is 9.68. The molecule has 322 valence electrons. The minimum absolute atomic E-state index is 0.0163. The van der Waals surface area contributed by atoms with E-state index in [1.54, 1.807) is 52.3 Å². The fourth-order valence-corrected chi connectivity index (χ4v) is 10.1. The summed E-state index contributed by atoms with van der Waals surface area (Å²) in [6.45, 7) is 10.4. The Morgan fingerprint density at radius 2 is 1.85 bits per heavy atom. The lowest BCUT2D eigenvalue weighted by molar-refractivity contribution is -0.151. The number of hydrogen-bond acceptors (Lipinski definition) is 10. The lowest BCUT2D eigenvalue weighted by Gasteiger charge is -2.37. The summed E-state index contributed by atoms with van der Waals surface area (Å²) in [4.78, 5) is 68.8. The molecule has 2 aliphatic heterocycles. The number of hydrogen-bond donors (Lipinski definition) is 1. The maximum absolute atomic E-state index is 14.9. The summed E-state index contributed by atoms with van der Waals surface area (Å²) < 4.78 is 69.1. The monoisotopic (exact) mass is 849 g/mol. The van der Waals surface area contributed by atoms with E-state index in [2.05, 4.69) is 16.3 Å². The lowest BCUT2D eigenvalue weighted by atomic mass is 9.77. The minimum Gasteiger partial charge on any atom is -0.496 e. The van der Waals surface area contributed by atoms with Crippen molar-refractivity contribution >= 4 is 44.4 Å². The highest BCUT2D eigenvalue weighted by atomic mass is 32.2. The average molecular weight is 850 g/mol. The Hall–Kier alpha value is -4.99. The van der Waals surface area contributed by atoms with Gasteiger partial charge in [-0.2, -0.15) is 0 Å². The van der Waals surface area contributed by atoms with E-state index in [1.807, 2.05) is 25.1 Å². The van der Waals surface area contributed by atoms with Crippen molar-refractivity contribution in [2.75, 3.05) is 26.7 Å². The largest absolute Gasteiger partial charge is 0.496 e. The summed E-state index contributed by atoms with van der Waals surface area (Å²) in [5.74, 6) is -5.83. The molecule has 4 aliphatic rings. The van der Waals surface area contributed by atoms with Crippen LogP contribution < -0.4 is 14.2 Å². The predicted molar refractivity (Wildman–Crippen MR) is 220 cm³/mol. The maximum atomic E-state index is 14.9. The number of carbonyl (C=O) groups is 4. The smallest absolute Gasteiger partial charge is 0.265 e. The standard InChI is InChI=1S/C44H53F2N5O8S/c1-7-27-22-43(27,41(55)49-60(56,57)29-12-13-29)23-35(52)34-19-28(24-51(34)40(54)31(42(3,4)5)20-38(53)50-18-10-16-44(45,46)25-50)59-37-21-33(32-11-8-9-17-47-32)48-39-26(2)36(58-6)15-14-30(37)39/h7-9,11,14-15,17,21,27-29,31,34H,1,10,12-13,16,18-20,22-25H2,2-6H3,(H,49,55)/t27-,28-,31-,34+,43-/m1/s1. The predicted octanol–water partition coefficient (Wildman–Crippen LogP) is 6.03. The zero-order valence-electron chi connectivity index (χ0n) is 34.7. The van der Waals surface area contributed by atoms with E-state index in [-0.39, 0.29) is 51.6 Å². The third kappa shape index (κ3) is 8.75. The van der Waals surface area contributed by atoms with Crippen LogP contribution in [-0.2, 0) is 29.2 Å². The van der Waals surface area contributed by atoms with E-state index in [9.17, 15) is 36.4 Å². The number of halogens is 2. The molecule has 3 aromatic rings. The number of likely N-dealkylation sites (tertiary alicyclic amines) is 2. The van der Waals surface area contributed by atoms with Gasteiger partial charge in [0.15, 0.2) is 5.78 Å². The molecule has 2 saturated heterocycles. The van der Waals surface area contributed by atoms with Crippen LogP contribution >= 0.6 is 0 Å². The van der Waals surface area contributed by atoms with Gasteiger partial charge in [-0.25, -0.2) is 22.2 Å². The van der Waals surface area contributed by atoms with Crippen LogP contribution in [0.1, 0.15) is 77.7 Å². The molecule has 2 saturated carbocycles. The van der Waals surface area contributed by atoms with Crippen molar-refractivity contribution in [1.29, 1.82) is 0 Å². The Kier molecular flexibility index (Phi) is 11.6. The number of nitrogens with one attached hydrogen (secondary N) is 1. The molecule has 5 atom stereocenters. The summed E-state index contributed by atoms with van der Waals surface area (Å²) in [5, 5.41) is -0.00652. The Bertz CT molecular complexity index is 2320. The number of nitrogens with zero attached hydrogens (tertiary/aromatic N) is 4. The number of carbonyl (C=O) groups excluding carboxylic acids is 4. The zero-order valence-corrected chi connectivity index (χ0v) is 35.5. The molecule has 0 unspecified atom stereocenters. The number of alkyl halides is 2. The molecule has 4 fully saturated rings. The zero-order chi connectivity index (χ0) is 43.4. The van der Waals surface area contributed by atoms with Crippen molar-refractivity contribution < 1.29 is 45.9 Å². The number of methoxy groups -OCH3 is 1. The van der Waals surface area contributed by atoms with Crippen LogP contribution in [0.25, 0.3) is 22.3 Å². The van der Waals surface area contributed by atoms with E-state index < -0.39 is 86.1 Å². The highest BCUT2D eigenvalue weighted by molar-refractivity contribution is 7.90. The minimum atomic E-state index is -3.92. The van der Waals surface area contributed by atoms with Crippen LogP contribution in [0.15, 0.2) is 55.3 Å². The number of rotatable bonds is 14. The van der Waals surface area contributed by atoms with E-state index in [1.165, 1.54) is 11.0 Å². The van der Waals surface area contributed by atoms with Gasteiger partial charge in [-0.05, 0) is 68.2 Å². The molecule has 1 N–H and O–H groups in total. The van der Waals surface area contributed by atoms with Crippen LogP contribution in [0.5, 0.6) is 11.5 Å². The van der Waals surface area contributed by atoms with Crippen LogP contribution in [-0.4, -0.2) is 102 Å². The number of Topliss-reactive ketones (excluding diaryl/α,β-unsaturated/α-hetero) is 1. The average Bonchev–Trinajstić information content (AvgIpc) is 4.13. The number of benzene rings is 1. The first-order chi connectivity index (χ1) is 28.3. The lowest BCUT2D eigenvalue weighted by Crippen LogP contribution is -2.51. The number of piperidine rings is 1. The molecule has 2 aliphatic carbocycles. The molecule has 2 aromatic heterocycles. The molecule has 1 aromatic carbocycles. The molecule has 13 nitrogen and oxygen atoms in total. The fraction of sp³-hybridized carbons (Fsp3) is 0.545. The van der Waals surface area contributed by atoms with Crippen molar-refractivity contribution in [3.8, 4) is 22.9 Å².